The highest BCUT2D eigenvalue weighted by Gasteiger charge is 2.46. The molecule has 2 saturated heterocycles. The van der Waals surface area contributed by atoms with Crippen LogP contribution in [-0.2, 0) is 47.6 Å². The Bertz CT molecular complexity index is 1370. The fraction of sp³-hybridized carbons (Fsp3) is 0.545. The lowest BCUT2D eigenvalue weighted by Crippen LogP contribution is -2.45. The van der Waals surface area contributed by atoms with E-state index >= 15 is 0 Å². The van der Waals surface area contributed by atoms with Crippen LogP contribution < -0.4 is 5.32 Å². The van der Waals surface area contributed by atoms with Crippen molar-refractivity contribution < 1.29 is 57.5 Å². The van der Waals surface area contributed by atoms with E-state index in [0.29, 0.717) is 11.1 Å². The third-order valence-corrected chi connectivity index (χ3v) is 7.52. The topological polar surface area (TPSA) is 173 Å². The molecule has 0 spiro atoms. The Balaban J connectivity index is 1.32. The number of aliphatic hydroxyl groups excluding tert-OH is 1. The van der Waals surface area contributed by atoms with Gasteiger partial charge in [0.05, 0.1) is 18.2 Å². The summed E-state index contributed by atoms with van der Waals surface area (Å²) in [5.74, 6) is -2.86. The van der Waals surface area contributed by atoms with Gasteiger partial charge in [0.25, 0.3) is 0 Å². The summed E-state index contributed by atoms with van der Waals surface area (Å²) in [4.78, 5) is 62.4. The van der Waals surface area contributed by atoms with Crippen LogP contribution in [0.3, 0.4) is 0 Å². The summed E-state index contributed by atoms with van der Waals surface area (Å²) in [6.45, 7) is 8.55. The second-order valence-corrected chi connectivity index (χ2v) is 13.1. The third-order valence-electron chi connectivity index (χ3n) is 7.52. The molecule has 4 rings (SSSR count). The number of nitrogens with one attached hydrogen (secondary N) is 1. The van der Waals surface area contributed by atoms with Crippen LogP contribution in [0.4, 0.5) is 0 Å². The quantitative estimate of drug-likeness (QED) is 0.205. The average Bonchev–Trinajstić information content (AvgIpc) is 3.57. The Morgan fingerprint density at radius 2 is 1.83 bits per heavy atom. The van der Waals surface area contributed by atoms with E-state index in [2.05, 4.69) is 5.32 Å². The number of fused-ring (bicyclic) bond motifs is 1. The van der Waals surface area contributed by atoms with Crippen molar-refractivity contribution in [3.05, 3.63) is 53.1 Å². The van der Waals surface area contributed by atoms with Gasteiger partial charge in [-0.15, -0.1) is 0 Å². The molecule has 0 bridgehead atoms. The predicted molar refractivity (Wildman–Crippen MR) is 161 cm³/mol. The van der Waals surface area contributed by atoms with Crippen molar-refractivity contribution in [3.63, 3.8) is 0 Å². The Kier molecular flexibility index (Phi) is 11.0. The molecule has 2 aliphatic heterocycles. The normalized spacial score (nSPS) is 24.4. The Morgan fingerprint density at radius 3 is 2.46 bits per heavy atom. The van der Waals surface area contributed by atoms with Crippen LogP contribution in [0, 0.1) is 5.41 Å². The first-order valence-corrected chi connectivity index (χ1v) is 15.1. The molecule has 1 amide bonds. The van der Waals surface area contributed by atoms with Crippen molar-refractivity contribution in [2.75, 3.05) is 20.0 Å². The molecule has 0 unspecified atom stereocenters. The maximum Gasteiger partial charge on any atom is 0.348 e. The number of amides is 1. The smallest absolute Gasteiger partial charge is 0.348 e. The van der Waals surface area contributed by atoms with Crippen LogP contribution >= 0.6 is 0 Å². The van der Waals surface area contributed by atoms with E-state index in [-0.39, 0.29) is 44.8 Å². The van der Waals surface area contributed by atoms with Crippen LogP contribution in [-0.4, -0.2) is 91.0 Å². The summed E-state index contributed by atoms with van der Waals surface area (Å²) in [5, 5.41) is 12.5. The van der Waals surface area contributed by atoms with Crippen LogP contribution in [0.25, 0.3) is 6.08 Å². The van der Waals surface area contributed by atoms with Crippen LogP contribution in [0.5, 0.6) is 0 Å². The molecule has 1 aliphatic carbocycles. The second kappa shape index (κ2) is 14.6. The minimum absolute atomic E-state index is 0.0115. The lowest BCUT2D eigenvalue weighted by molar-refractivity contribution is -0.159. The molecule has 0 saturated carbocycles. The van der Waals surface area contributed by atoms with Crippen molar-refractivity contribution in [1.29, 1.82) is 0 Å². The number of hydrogen-bond acceptors (Lipinski definition) is 12. The predicted octanol–water partition coefficient (Wildman–Crippen LogP) is 2.39. The largest absolute Gasteiger partial charge is 0.462 e. The maximum atomic E-state index is 13.1. The highest BCUT2D eigenvalue weighted by atomic mass is 16.7. The summed E-state index contributed by atoms with van der Waals surface area (Å²) in [6, 6.07) is 5.57. The summed E-state index contributed by atoms with van der Waals surface area (Å²) in [6.07, 6.45) is 1.46. The maximum absolute atomic E-state index is 13.1. The SMILES string of the molecule is CC(C)(C)OC(=O)CC[C@@H](CO)NC(=O)C1=C[C@H]2OCO[C@H]2[C@H](OC(=O)c2ccc(C=CC(=O)O[C@H]3C(=O)OCC3(C)C)cc2)C1. The van der Waals surface area contributed by atoms with Crippen molar-refractivity contribution in [1.82, 2.24) is 5.32 Å². The summed E-state index contributed by atoms with van der Waals surface area (Å²) in [5.41, 5.74) is -0.146. The van der Waals surface area contributed by atoms with Gasteiger partial charge in [-0.1, -0.05) is 26.0 Å². The van der Waals surface area contributed by atoms with Crippen molar-refractivity contribution in [2.24, 2.45) is 5.41 Å². The van der Waals surface area contributed by atoms with Crippen LogP contribution in [0.2, 0.25) is 0 Å². The minimum Gasteiger partial charge on any atom is -0.462 e. The number of aliphatic hydroxyl groups is 1. The first kappa shape index (κ1) is 34.8. The zero-order valence-corrected chi connectivity index (χ0v) is 26.6. The lowest BCUT2D eigenvalue weighted by Gasteiger charge is -2.30. The van der Waals surface area contributed by atoms with Gasteiger partial charge in [-0.25, -0.2) is 14.4 Å². The van der Waals surface area contributed by atoms with Crippen molar-refractivity contribution in [3.8, 4) is 0 Å². The highest BCUT2D eigenvalue weighted by molar-refractivity contribution is 5.94. The fourth-order valence-electron chi connectivity index (χ4n) is 5.09. The molecule has 0 radical (unpaired) electrons. The van der Waals surface area contributed by atoms with Crippen molar-refractivity contribution in [2.45, 2.75) is 89.9 Å². The third kappa shape index (κ3) is 9.24. The zero-order valence-electron chi connectivity index (χ0n) is 26.6. The Labute approximate surface area is 267 Å². The summed E-state index contributed by atoms with van der Waals surface area (Å²) >= 11 is 0. The van der Waals surface area contributed by atoms with Gasteiger partial charge in [0.2, 0.25) is 12.0 Å². The van der Waals surface area contributed by atoms with Gasteiger partial charge < -0.3 is 38.8 Å². The number of benzene rings is 1. The molecule has 13 heteroatoms. The fourth-order valence-corrected chi connectivity index (χ4v) is 5.09. The van der Waals surface area contributed by atoms with Crippen molar-refractivity contribution >= 4 is 35.9 Å². The van der Waals surface area contributed by atoms with Gasteiger partial charge in [-0.3, -0.25) is 9.59 Å². The molecule has 1 aromatic carbocycles. The second-order valence-electron chi connectivity index (χ2n) is 13.1. The molecule has 13 nitrogen and oxygen atoms in total. The molecule has 2 heterocycles. The molecular formula is C33H41NO12. The molecule has 3 aliphatic rings. The van der Waals surface area contributed by atoms with E-state index < -0.39 is 71.3 Å². The first-order valence-electron chi connectivity index (χ1n) is 15.1. The number of carbonyl (C=O) groups excluding carboxylic acids is 5. The number of ether oxygens (including phenoxy) is 6. The van der Waals surface area contributed by atoms with Gasteiger partial charge >= 0.3 is 23.9 Å². The first-order chi connectivity index (χ1) is 21.6. The number of hydrogen-bond donors (Lipinski definition) is 2. The van der Waals surface area contributed by atoms with Gasteiger partial charge in [0.1, 0.15) is 37.3 Å². The van der Waals surface area contributed by atoms with E-state index in [1.54, 1.807) is 52.8 Å². The van der Waals surface area contributed by atoms with Gasteiger partial charge in [-0.05, 0) is 57.0 Å². The highest BCUT2D eigenvalue weighted by Crippen LogP contribution is 2.32. The molecule has 2 N–H and O–H groups in total. The van der Waals surface area contributed by atoms with E-state index in [1.165, 1.54) is 24.3 Å². The van der Waals surface area contributed by atoms with Crippen LogP contribution in [0.15, 0.2) is 42.0 Å². The molecule has 2 fully saturated rings. The number of carbonyl (C=O) groups is 5. The average molecular weight is 644 g/mol. The van der Waals surface area contributed by atoms with Gasteiger partial charge in [0.15, 0.2) is 0 Å². The van der Waals surface area contributed by atoms with Crippen LogP contribution in [0.1, 0.15) is 69.8 Å². The van der Waals surface area contributed by atoms with Gasteiger partial charge in [0, 0.05) is 29.9 Å². The van der Waals surface area contributed by atoms with E-state index in [1.807, 2.05) is 0 Å². The molecule has 1 aromatic rings. The number of rotatable bonds is 11. The zero-order chi connectivity index (χ0) is 33.6. The molecule has 250 valence electrons. The molecule has 46 heavy (non-hydrogen) atoms. The monoisotopic (exact) mass is 643 g/mol. The lowest BCUT2D eigenvalue weighted by atomic mass is 9.90. The van der Waals surface area contributed by atoms with E-state index in [4.69, 9.17) is 28.4 Å². The standard InChI is InChI=1S/C33H41NO12/c1-32(2,3)46-26(37)13-11-22(16-35)34-29(38)21-14-23-27(43-18-42-23)24(15-21)44-30(39)20-9-6-19(7-10-20)8-12-25(36)45-28-31(40)41-17-33(28,4)5/h6-10,12,14,22-24,27-28,35H,11,13,15-18H2,1-5H3,(H,34,38)/t22-,23+,24+,27+,28-/m0/s1. The Morgan fingerprint density at radius 1 is 1.11 bits per heavy atom. The number of cyclic esters (lactones) is 1. The summed E-state index contributed by atoms with van der Waals surface area (Å²) in [7, 11) is 0. The van der Waals surface area contributed by atoms with Gasteiger partial charge in [-0.2, -0.15) is 0 Å². The summed E-state index contributed by atoms with van der Waals surface area (Å²) < 4.78 is 32.5. The molecular weight excluding hydrogens is 602 g/mol. The minimum atomic E-state index is -0.989. The molecule has 0 aromatic heterocycles. The van der Waals surface area contributed by atoms with E-state index in [9.17, 15) is 29.1 Å². The van der Waals surface area contributed by atoms with E-state index in [0.717, 1.165) is 0 Å². The molecule has 5 atom stereocenters. The number of esters is 4. The Hall–Kier alpha value is -4.07.